The average Bonchev–Trinajstić information content (AvgIpc) is 2.67. The Kier molecular flexibility index (Phi) is 4.80. The molecule has 1 unspecified atom stereocenters. The molecule has 0 bridgehead atoms. The molecule has 1 fully saturated rings. The lowest BCUT2D eigenvalue weighted by molar-refractivity contribution is -0.132. The minimum atomic E-state index is -0.966. The number of ether oxygens (including phenoxy) is 2. The molecule has 1 heterocycles. The molecule has 0 radical (unpaired) electrons. The van der Waals surface area contributed by atoms with Gasteiger partial charge in [-0.25, -0.2) is 4.79 Å². The van der Waals surface area contributed by atoms with Crippen molar-refractivity contribution in [2.45, 2.75) is 18.9 Å². The molecule has 0 spiro atoms. The van der Waals surface area contributed by atoms with E-state index in [9.17, 15) is 9.59 Å². The van der Waals surface area contributed by atoms with Gasteiger partial charge in [0, 0.05) is 13.7 Å². The zero-order valence-electron chi connectivity index (χ0n) is 12.3. The zero-order valence-corrected chi connectivity index (χ0v) is 12.3. The summed E-state index contributed by atoms with van der Waals surface area (Å²) in [5.41, 5.74) is -0.966. The van der Waals surface area contributed by atoms with E-state index in [4.69, 9.17) is 9.47 Å². The van der Waals surface area contributed by atoms with E-state index < -0.39 is 5.54 Å². The third-order valence-corrected chi connectivity index (χ3v) is 3.32. The monoisotopic (exact) mass is 292 g/mol. The van der Waals surface area contributed by atoms with Gasteiger partial charge in [-0.2, -0.15) is 0 Å². The second-order valence-corrected chi connectivity index (χ2v) is 5.17. The summed E-state index contributed by atoms with van der Waals surface area (Å²) in [6.07, 6.45) is 0.580. The maximum Gasteiger partial charge on any atom is 0.325 e. The summed E-state index contributed by atoms with van der Waals surface area (Å²) in [7, 11) is 1.50. The van der Waals surface area contributed by atoms with E-state index in [1.165, 1.54) is 12.0 Å². The summed E-state index contributed by atoms with van der Waals surface area (Å²) in [6.45, 7) is 2.60. The number of hydrogen-bond acceptors (Lipinski definition) is 4. The fourth-order valence-electron chi connectivity index (χ4n) is 2.27. The van der Waals surface area contributed by atoms with Crippen molar-refractivity contribution in [1.29, 1.82) is 0 Å². The highest BCUT2D eigenvalue weighted by Crippen LogP contribution is 2.18. The quantitative estimate of drug-likeness (QED) is 0.609. The molecule has 114 valence electrons. The molecular formula is C15H20N2O4. The Morgan fingerprint density at radius 2 is 1.95 bits per heavy atom. The largest absolute Gasteiger partial charge is 0.494 e. The predicted octanol–water partition coefficient (Wildman–Crippen LogP) is 1.41. The number of urea groups is 1. The van der Waals surface area contributed by atoms with Crippen LogP contribution >= 0.6 is 0 Å². The Balaban J connectivity index is 1.81. The van der Waals surface area contributed by atoms with Crippen LogP contribution in [0.25, 0.3) is 0 Å². The Bertz CT molecular complexity index is 506. The molecule has 0 saturated carbocycles. The van der Waals surface area contributed by atoms with Crippen molar-refractivity contribution in [1.82, 2.24) is 10.2 Å². The van der Waals surface area contributed by atoms with Gasteiger partial charge in [-0.15, -0.1) is 0 Å². The lowest BCUT2D eigenvalue weighted by atomic mass is 10.0. The third-order valence-electron chi connectivity index (χ3n) is 3.32. The van der Waals surface area contributed by atoms with E-state index in [2.05, 4.69) is 5.32 Å². The van der Waals surface area contributed by atoms with Gasteiger partial charge in [-0.1, -0.05) is 18.2 Å². The number of methoxy groups -OCH3 is 1. The van der Waals surface area contributed by atoms with E-state index in [0.29, 0.717) is 19.6 Å². The van der Waals surface area contributed by atoms with Crippen molar-refractivity contribution in [3.05, 3.63) is 30.3 Å². The fraction of sp³-hybridized carbons (Fsp3) is 0.467. The summed E-state index contributed by atoms with van der Waals surface area (Å²) in [6, 6.07) is 9.05. The molecule has 0 aliphatic carbocycles. The van der Waals surface area contributed by atoms with Crippen LogP contribution in [0.4, 0.5) is 4.79 Å². The number of hydrogen-bond donors (Lipinski definition) is 1. The van der Waals surface area contributed by atoms with Crippen LogP contribution in [0, 0.1) is 0 Å². The second-order valence-electron chi connectivity index (χ2n) is 5.17. The topological polar surface area (TPSA) is 67.9 Å². The van der Waals surface area contributed by atoms with Crippen molar-refractivity contribution in [3.8, 4) is 5.75 Å². The van der Waals surface area contributed by atoms with Gasteiger partial charge in [0.05, 0.1) is 13.2 Å². The normalized spacial score (nSPS) is 21.5. The van der Waals surface area contributed by atoms with Gasteiger partial charge in [0.25, 0.3) is 5.91 Å². The van der Waals surface area contributed by atoms with Crippen LogP contribution in [0.1, 0.15) is 13.3 Å². The van der Waals surface area contributed by atoms with Crippen molar-refractivity contribution >= 4 is 11.9 Å². The average molecular weight is 292 g/mol. The molecule has 1 saturated heterocycles. The number of amides is 3. The summed E-state index contributed by atoms with van der Waals surface area (Å²) in [5.74, 6) is 0.521. The van der Waals surface area contributed by atoms with Crippen molar-refractivity contribution in [2.75, 3.05) is 26.9 Å². The molecule has 0 aromatic heterocycles. The molecular weight excluding hydrogens is 272 g/mol. The van der Waals surface area contributed by atoms with Crippen LogP contribution in [0.2, 0.25) is 0 Å². The molecule has 21 heavy (non-hydrogen) atoms. The molecule has 1 N–H and O–H groups in total. The number of carbonyl (C=O) groups is 2. The Labute approximate surface area is 124 Å². The molecule has 6 nitrogen and oxygen atoms in total. The van der Waals surface area contributed by atoms with Gasteiger partial charge in [0.2, 0.25) is 0 Å². The van der Waals surface area contributed by atoms with Gasteiger partial charge >= 0.3 is 6.03 Å². The van der Waals surface area contributed by atoms with Gasteiger partial charge in [-0.05, 0) is 25.5 Å². The molecule has 6 heteroatoms. The number of rotatable bonds is 7. The minimum absolute atomic E-state index is 0.161. The maximum atomic E-state index is 12.2. The van der Waals surface area contributed by atoms with Crippen LogP contribution in [0.15, 0.2) is 30.3 Å². The standard InChI is InChI=1S/C15H20N2O4/c1-15(11-20-2)13(18)17(14(19)16-15)9-6-10-21-12-7-4-3-5-8-12/h3-5,7-8H,6,9-11H2,1-2H3,(H,16,19). The number of imide groups is 1. The van der Waals surface area contributed by atoms with Crippen LogP contribution in [0.5, 0.6) is 5.75 Å². The number of nitrogens with one attached hydrogen (secondary N) is 1. The van der Waals surface area contributed by atoms with Crippen LogP contribution in [0.3, 0.4) is 0 Å². The van der Waals surface area contributed by atoms with Gasteiger partial charge in [0.1, 0.15) is 11.3 Å². The van der Waals surface area contributed by atoms with E-state index in [0.717, 1.165) is 5.75 Å². The smallest absolute Gasteiger partial charge is 0.325 e. The zero-order chi connectivity index (χ0) is 15.3. The van der Waals surface area contributed by atoms with Gasteiger partial charge in [-0.3, -0.25) is 9.69 Å². The number of para-hydroxylation sites is 1. The van der Waals surface area contributed by atoms with E-state index >= 15 is 0 Å². The van der Waals surface area contributed by atoms with E-state index in [1.54, 1.807) is 6.92 Å². The van der Waals surface area contributed by atoms with Crippen molar-refractivity contribution in [2.24, 2.45) is 0 Å². The highest BCUT2D eigenvalue weighted by molar-refractivity contribution is 6.06. The minimum Gasteiger partial charge on any atom is -0.494 e. The van der Waals surface area contributed by atoms with E-state index in [1.807, 2.05) is 30.3 Å². The summed E-state index contributed by atoms with van der Waals surface area (Å²) < 4.78 is 10.5. The predicted molar refractivity (Wildman–Crippen MR) is 77.1 cm³/mol. The number of carbonyl (C=O) groups excluding carboxylic acids is 2. The number of nitrogens with zero attached hydrogens (tertiary/aromatic N) is 1. The highest BCUT2D eigenvalue weighted by Gasteiger charge is 2.47. The lowest BCUT2D eigenvalue weighted by Gasteiger charge is -2.20. The van der Waals surface area contributed by atoms with Crippen molar-refractivity contribution < 1.29 is 19.1 Å². The highest BCUT2D eigenvalue weighted by atomic mass is 16.5. The van der Waals surface area contributed by atoms with Crippen LogP contribution in [-0.4, -0.2) is 49.2 Å². The first-order valence-corrected chi connectivity index (χ1v) is 6.88. The second kappa shape index (κ2) is 6.58. The first kappa shape index (κ1) is 15.3. The summed E-state index contributed by atoms with van der Waals surface area (Å²) >= 11 is 0. The molecule has 1 aromatic rings. The molecule has 1 aromatic carbocycles. The van der Waals surface area contributed by atoms with Crippen LogP contribution in [-0.2, 0) is 9.53 Å². The lowest BCUT2D eigenvalue weighted by Crippen LogP contribution is -2.48. The van der Waals surface area contributed by atoms with Gasteiger partial charge < -0.3 is 14.8 Å². The third kappa shape index (κ3) is 3.52. The van der Waals surface area contributed by atoms with E-state index in [-0.39, 0.29) is 18.5 Å². The van der Waals surface area contributed by atoms with Crippen molar-refractivity contribution in [3.63, 3.8) is 0 Å². The molecule has 1 aliphatic rings. The molecule has 3 amide bonds. The Hall–Kier alpha value is -2.08. The first-order chi connectivity index (χ1) is 10.1. The Morgan fingerprint density at radius 1 is 1.24 bits per heavy atom. The molecule has 2 rings (SSSR count). The summed E-state index contributed by atoms with van der Waals surface area (Å²) in [5, 5.41) is 2.66. The SMILES string of the molecule is COCC1(C)NC(=O)N(CCCOc2ccccc2)C1=O. The molecule has 1 atom stereocenters. The van der Waals surface area contributed by atoms with Gasteiger partial charge in [0.15, 0.2) is 0 Å². The number of benzene rings is 1. The maximum absolute atomic E-state index is 12.2. The fourth-order valence-corrected chi connectivity index (χ4v) is 2.27. The van der Waals surface area contributed by atoms with Crippen LogP contribution < -0.4 is 10.1 Å². The molecule has 1 aliphatic heterocycles. The summed E-state index contributed by atoms with van der Waals surface area (Å²) in [4.78, 5) is 25.3. The Morgan fingerprint density at radius 3 is 2.62 bits per heavy atom. The first-order valence-electron chi connectivity index (χ1n) is 6.88.